The molecule has 0 saturated heterocycles. The zero-order valence-electron chi connectivity index (χ0n) is 12.6. The van der Waals surface area contributed by atoms with Gasteiger partial charge in [-0.15, -0.1) is 0 Å². The first kappa shape index (κ1) is 15.0. The van der Waals surface area contributed by atoms with Gasteiger partial charge >= 0.3 is 0 Å². The van der Waals surface area contributed by atoms with E-state index in [0.29, 0.717) is 6.54 Å². The molecule has 110 valence electrons. The van der Waals surface area contributed by atoms with Gasteiger partial charge in [-0.05, 0) is 26.0 Å². The Balaban J connectivity index is 2.13. The van der Waals surface area contributed by atoms with E-state index < -0.39 is 0 Å². The van der Waals surface area contributed by atoms with Gasteiger partial charge in [0.1, 0.15) is 5.82 Å². The van der Waals surface area contributed by atoms with E-state index in [9.17, 15) is 0 Å². The lowest BCUT2D eigenvalue weighted by Gasteiger charge is -2.22. The predicted octanol–water partition coefficient (Wildman–Crippen LogP) is 2.15. The van der Waals surface area contributed by atoms with Gasteiger partial charge in [0.15, 0.2) is 6.29 Å². The summed E-state index contributed by atoms with van der Waals surface area (Å²) in [5, 5.41) is 3.40. The number of fused-ring (bicyclic) bond motifs is 1. The standard InChI is InChI=1S/C15H23N3O2/c1-5-18-13-9-7-6-8-12(13)17-14(18)10-16-11(2)15(19-3)20-4/h6-9,11,15-16H,5,10H2,1-4H3. The summed E-state index contributed by atoms with van der Waals surface area (Å²) in [6.45, 7) is 5.77. The van der Waals surface area contributed by atoms with Crippen LogP contribution in [0, 0.1) is 0 Å². The predicted molar refractivity (Wildman–Crippen MR) is 79.5 cm³/mol. The molecule has 0 aliphatic carbocycles. The maximum atomic E-state index is 5.25. The van der Waals surface area contributed by atoms with Gasteiger partial charge < -0.3 is 19.4 Å². The van der Waals surface area contributed by atoms with Crippen molar-refractivity contribution in [2.45, 2.75) is 39.3 Å². The Kier molecular flexibility index (Phi) is 5.11. The van der Waals surface area contributed by atoms with Gasteiger partial charge in [-0.25, -0.2) is 4.98 Å². The molecule has 0 spiro atoms. The molecule has 1 aromatic heterocycles. The Morgan fingerprint density at radius 2 is 1.95 bits per heavy atom. The number of benzene rings is 1. The summed E-state index contributed by atoms with van der Waals surface area (Å²) in [6.07, 6.45) is -0.255. The second-order valence-corrected chi connectivity index (χ2v) is 4.77. The molecule has 2 rings (SSSR count). The highest BCUT2D eigenvalue weighted by Gasteiger charge is 2.16. The number of methoxy groups -OCH3 is 2. The minimum Gasteiger partial charge on any atom is -0.354 e. The number of nitrogens with zero attached hydrogens (tertiary/aromatic N) is 2. The highest BCUT2D eigenvalue weighted by Crippen LogP contribution is 2.16. The maximum Gasteiger partial charge on any atom is 0.171 e. The molecule has 0 saturated carbocycles. The number of rotatable bonds is 7. The lowest BCUT2D eigenvalue weighted by molar-refractivity contribution is -0.119. The number of hydrogen-bond acceptors (Lipinski definition) is 4. The van der Waals surface area contributed by atoms with Crippen LogP contribution in [-0.4, -0.2) is 36.1 Å². The molecule has 1 N–H and O–H groups in total. The summed E-state index contributed by atoms with van der Waals surface area (Å²) in [7, 11) is 3.29. The third-order valence-electron chi connectivity index (χ3n) is 3.50. The molecule has 0 aliphatic rings. The third kappa shape index (κ3) is 3.00. The number of para-hydroxylation sites is 2. The molecule has 1 heterocycles. The SMILES string of the molecule is CCn1c(CNC(C)C(OC)OC)nc2ccccc21. The molecule has 0 bridgehead atoms. The summed E-state index contributed by atoms with van der Waals surface area (Å²) in [6, 6.07) is 8.30. The van der Waals surface area contributed by atoms with Crippen molar-refractivity contribution in [2.75, 3.05) is 14.2 Å². The minimum atomic E-state index is -0.255. The Morgan fingerprint density at radius 3 is 2.60 bits per heavy atom. The van der Waals surface area contributed by atoms with Crippen LogP contribution < -0.4 is 5.32 Å². The van der Waals surface area contributed by atoms with Gasteiger partial charge in [0.05, 0.1) is 23.6 Å². The molecule has 1 aromatic carbocycles. The molecule has 5 nitrogen and oxygen atoms in total. The van der Waals surface area contributed by atoms with Crippen LogP contribution in [0.2, 0.25) is 0 Å². The smallest absolute Gasteiger partial charge is 0.171 e. The van der Waals surface area contributed by atoms with Crippen molar-refractivity contribution in [1.29, 1.82) is 0 Å². The zero-order chi connectivity index (χ0) is 14.5. The number of aromatic nitrogens is 2. The van der Waals surface area contributed by atoms with Crippen molar-refractivity contribution in [2.24, 2.45) is 0 Å². The van der Waals surface area contributed by atoms with E-state index in [-0.39, 0.29) is 12.3 Å². The van der Waals surface area contributed by atoms with Crippen molar-refractivity contribution < 1.29 is 9.47 Å². The summed E-state index contributed by atoms with van der Waals surface area (Å²) < 4.78 is 12.7. The zero-order valence-corrected chi connectivity index (χ0v) is 12.6. The summed E-state index contributed by atoms with van der Waals surface area (Å²) in [4.78, 5) is 4.69. The first-order valence-corrected chi connectivity index (χ1v) is 6.94. The van der Waals surface area contributed by atoms with Crippen LogP contribution >= 0.6 is 0 Å². The molecule has 1 atom stereocenters. The molecule has 0 fully saturated rings. The van der Waals surface area contributed by atoms with Crippen LogP contribution in [0.1, 0.15) is 19.7 Å². The molecule has 0 radical (unpaired) electrons. The lowest BCUT2D eigenvalue weighted by atomic mass is 10.3. The van der Waals surface area contributed by atoms with Crippen LogP contribution in [-0.2, 0) is 22.6 Å². The highest BCUT2D eigenvalue weighted by molar-refractivity contribution is 5.75. The Bertz CT molecular complexity index is 549. The monoisotopic (exact) mass is 277 g/mol. The fourth-order valence-electron chi connectivity index (χ4n) is 2.47. The fraction of sp³-hybridized carbons (Fsp3) is 0.533. The first-order valence-electron chi connectivity index (χ1n) is 6.94. The van der Waals surface area contributed by atoms with Crippen molar-refractivity contribution in [1.82, 2.24) is 14.9 Å². The van der Waals surface area contributed by atoms with Gasteiger partial charge in [-0.3, -0.25) is 0 Å². The van der Waals surface area contributed by atoms with Gasteiger partial charge in [-0.1, -0.05) is 12.1 Å². The quantitative estimate of drug-likeness (QED) is 0.788. The van der Waals surface area contributed by atoms with Crippen LogP contribution in [0.4, 0.5) is 0 Å². The fourth-order valence-corrected chi connectivity index (χ4v) is 2.47. The number of ether oxygens (including phenoxy) is 2. The van der Waals surface area contributed by atoms with Gasteiger partial charge in [0.25, 0.3) is 0 Å². The van der Waals surface area contributed by atoms with Crippen molar-refractivity contribution in [3.05, 3.63) is 30.1 Å². The average molecular weight is 277 g/mol. The van der Waals surface area contributed by atoms with E-state index in [0.717, 1.165) is 17.9 Å². The minimum absolute atomic E-state index is 0.0927. The second-order valence-electron chi connectivity index (χ2n) is 4.77. The van der Waals surface area contributed by atoms with E-state index in [2.05, 4.69) is 27.9 Å². The molecule has 5 heteroatoms. The second kappa shape index (κ2) is 6.83. The van der Waals surface area contributed by atoms with Crippen LogP contribution in [0.25, 0.3) is 11.0 Å². The third-order valence-corrected chi connectivity index (χ3v) is 3.50. The topological polar surface area (TPSA) is 48.3 Å². The van der Waals surface area contributed by atoms with Crippen LogP contribution in [0.3, 0.4) is 0 Å². The average Bonchev–Trinajstić information content (AvgIpc) is 2.83. The highest BCUT2D eigenvalue weighted by atomic mass is 16.7. The Labute approximate surface area is 119 Å². The largest absolute Gasteiger partial charge is 0.354 e. The molecule has 2 aromatic rings. The summed E-state index contributed by atoms with van der Waals surface area (Å²) in [5.74, 6) is 1.03. The van der Waals surface area contributed by atoms with Crippen molar-refractivity contribution in [3.8, 4) is 0 Å². The van der Waals surface area contributed by atoms with E-state index in [1.165, 1.54) is 5.52 Å². The van der Waals surface area contributed by atoms with Gasteiger partial charge in [0, 0.05) is 20.8 Å². The molecular weight excluding hydrogens is 254 g/mol. The number of hydrogen-bond donors (Lipinski definition) is 1. The molecule has 0 amide bonds. The maximum absolute atomic E-state index is 5.25. The summed E-state index contributed by atoms with van der Waals surface area (Å²) in [5.41, 5.74) is 2.21. The summed E-state index contributed by atoms with van der Waals surface area (Å²) >= 11 is 0. The van der Waals surface area contributed by atoms with E-state index in [1.54, 1.807) is 14.2 Å². The molecule has 1 unspecified atom stereocenters. The molecule has 20 heavy (non-hydrogen) atoms. The number of imidazole rings is 1. The normalized spacial score (nSPS) is 13.2. The van der Waals surface area contributed by atoms with Crippen molar-refractivity contribution >= 4 is 11.0 Å². The number of aryl methyl sites for hydroxylation is 1. The number of nitrogens with one attached hydrogen (secondary N) is 1. The van der Waals surface area contributed by atoms with Gasteiger partial charge in [0.2, 0.25) is 0 Å². The lowest BCUT2D eigenvalue weighted by Crippen LogP contribution is -2.39. The van der Waals surface area contributed by atoms with E-state index in [1.807, 2.05) is 25.1 Å². The first-order chi connectivity index (χ1) is 9.71. The van der Waals surface area contributed by atoms with Crippen LogP contribution in [0.5, 0.6) is 0 Å². The molecule has 0 aliphatic heterocycles. The van der Waals surface area contributed by atoms with E-state index in [4.69, 9.17) is 9.47 Å². The Hall–Kier alpha value is -1.43. The van der Waals surface area contributed by atoms with Crippen LogP contribution in [0.15, 0.2) is 24.3 Å². The van der Waals surface area contributed by atoms with E-state index >= 15 is 0 Å². The van der Waals surface area contributed by atoms with Gasteiger partial charge in [-0.2, -0.15) is 0 Å². The van der Waals surface area contributed by atoms with Crippen molar-refractivity contribution in [3.63, 3.8) is 0 Å². The Morgan fingerprint density at radius 1 is 1.25 bits per heavy atom. The molecular formula is C15H23N3O2.